The number of aliphatic hydroxyl groups excluding tert-OH is 2. The Morgan fingerprint density at radius 1 is 1.31 bits per heavy atom. The molecule has 0 saturated heterocycles. The van der Waals surface area contributed by atoms with Crippen molar-refractivity contribution in [2.24, 2.45) is 0 Å². The van der Waals surface area contributed by atoms with Crippen molar-refractivity contribution in [3.05, 3.63) is 23.0 Å². The number of aromatic nitrogens is 1. The van der Waals surface area contributed by atoms with Gasteiger partial charge in [0, 0.05) is 17.3 Å². The van der Waals surface area contributed by atoms with Crippen LogP contribution in [-0.4, -0.2) is 25.8 Å². The van der Waals surface area contributed by atoms with Crippen molar-refractivity contribution >= 4 is 0 Å². The van der Waals surface area contributed by atoms with Crippen molar-refractivity contribution < 1.29 is 20.8 Å². The minimum atomic E-state index is -0.287. The topological polar surface area (TPSA) is 105 Å². The second kappa shape index (κ2) is 4.76. The van der Waals surface area contributed by atoms with Crippen LogP contribution in [0.4, 0.5) is 0 Å². The van der Waals surface area contributed by atoms with Gasteiger partial charge < -0.3 is 20.8 Å². The molecule has 0 amide bonds. The Balaban J connectivity index is 0.00000144. The van der Waals surface area contributed by atoms with E-state index in [0.29, 0.717) is 16.8 Å². The zero-order chi connectivity index (χ0) is 9.14. The van der Waals surface area contributed by atoms with Gasteiger partial charge in [0.2, 0.25) is 0 Å². The van der Waals surface area contributed by atoms with E-state index in [1.165, 1.54) is 6.20 Å². The molecule has 1 aromatic rings. The third kappa shape index (κ3) is 2.15. The molecule has 0 saturated carbocycles. The van der Waals surface area contributed by atoms with Gasteiger partial charge in [-0.25, -0.2) is 0 Å². The molecule has 0 aliphatic heterocycles. The summed E-state index contributed by atoms with van der Waals surface area (Å²) in [5, 5.41) is 27.0. The molecule has 0 fully saturated rings. The number of hydrogen-bond donors (Lipinski definition) is 3. The Morgan fingerprint density at radius 3 is 2.38 bits per heavy atom. The van der Waals surface area contributed by atoms with Crippen molar-refractivity contribution in [1.82, 2.24) is 4.98 Å². The number of nitrogens with zero attached hydrogens (tertiary/aromatic N) is 1. The third-order valence-electron chi connectivity index (χ3n) is 1.76. The molecule has 0 aliphatic carbocycles. The average Bonchev–Trinajstić information content (AvgIpc) is 2.09. The fourth-order valence-corrected chi connectivity index (χ4v) is 0.997. The Hall–Kier alpha value is -1.17. The van der Waals surface area contributed by atoms with Gasteiger partial charge in [-0.2, -0.15) is 0 Å². The highest BCUT2D eigenvalue weighted by atomic mass is 16.3. The fraction of sp³-hybridized carbons (Fsp3) is 0.375. The molecule has 74 valence electrons. The van der Waals surface area contributed by atoms with E-state index in [1.54, 1.807) is 6.92 Å². The quantitative estimate of drug-likeness (QED) is 0.566. The molecule has 0 aliphatic rings. The van der Waals surface area contributed by atoms with E-state index in [9.17, 15) is 5.11 Å². The number of pyridine rings is 1. The summed E-state index contributed by atoms with van der Waals surface area (Å²) in [6, 6.07) is 0. The smallest absolute Gasteiger partial charge is 0.142 e. The largest absolute Gasteiger partial charge is 0.506 e. The lowest BCUT2D eigenvalue weighted by Gasteiger charge is -2.07. The van der Waals surface area contributed by atoms with Gasteiger partial charge in [0.25, 0.3) is 0 Å². The summed E-state index contributed by atoms with van der Waals surface area (Å²) in [7, 11) is 0. The Kier molecular flexibility index (Phi) is 4.33. The van der Waals surface area contributed by atoms with Gasteiger partial charge in [0.15, 0.2) is 0 Å². The van der Waals surface area contributed by atoms with E-state index in [1.807, 2.05) is 0 Å². The molecule has 13 heavy (non-hydrogen) atoms. The number of aryl methyl sites for hydroxylation is 1. The van der Waals surface area contributed by atoms with Gasteiger partial charge in [0.1, 0.15) is 5.75 Å². The second-order valence-corrected chi connectivity index (χ2v) is 2.51. The lowest BCUT2D eigenvalue weighted by Crippen LogP contribution is -1.98. The Bertz CT molecular complexity index is 288. The zero-order valence-electron chi connectivity index (χ0n) is 7.28. The first kappa shape index (κ1) is 11.8. The highest BCUT2D eigenvalue weighted by Gasteiger charge is 2.09. The molecule has 0 atom stereocenters. The van der Waals surface area contributed by atoms with E-state index in [-0.39, 0.29) is 24.4 Å². The summed E-state index contributed by atoms with van der Waals surface area (Å²) in [6.45, 7) is 1.12. The molecule has 1 heterocycles. The van der Waals surface area contributed by atoms with Gasteiger partial charge in [-0.05, 0) is 6.92 Å². The average molecular weight is 187 g/mol. The van der Waals surface area contributed by atoms with Gasteiger partial charge in [0.05, 0.1) is 18.9 Å². The summed E-state index contributed by atoms with van der Waals surface area (Å²) in [4.78, 5) is 3.84. The maximum absolute atomic E-state index is 9.38. The number of aliphatic hydroxyl groups is 2. The van der Waals surface area contributed by atoms with Crippen molar-refractivity contribution in [3.8, 4) is 5.75 Å². The predicted octanol–water partition coefficient (Wildman–Crippen LogP) is -0.744. The molecule has 0 radical (unpaired) electrons. The molecule has 1 rings (SSSR count). The van der Waals surface area contributed by atoms with Crippen LogP contribution in [0.5, 0.6) is 5.75 Å². The van der Waals surface area contributed by atoms with Crippen LogP contribution in [0, 0.1) is 6.92 Å². The third-order valence-corrected chi connectivity index (χ3v) is 1.76. The molecule has 1 aromatic heterocycles. The highest BCUT2D eigenvalue weighted by Crippen LogP contribution is 2.23. The standard InChI is InChI=1S/C8H11NO3.H2O/c1-5-8(12)7(4-11)6(3-10)2-9-5;/h2,10-12H,3-4H2,1H3;1H2. The van der Waals surface area contributed by atoms with Gasteiger partial charge >= 0.3 is 0 Å². The first-order valence-corrected chi connectivity index (χ1v) is 3.58. The molecular formula is C8H13NO4. The molecule has 5 N–H and O–H groups in total. The maximum Gasteiger partial charge on any atom is 0.142 e. The second-order valence-electron chi connectivity index (χ2n) is 2.51. The summed E-state index contributed by atoms with van der Waals surface area (Å²) >= 11 is 0. The highest BCUT2D eigenvalue weighted by molar-refractivity contribution is 5.39. The molecule has 0 unspecified atom stereocenters. The molecule has 0 bridgehead atoms. The van der Waals surface area contributed by atoms with Crippen LogP contribution in [-0.2, 0) is 13.2 Å². The summed E-state index contributed by atoms with van der Waals surface area (Å²) in [5.74, 6) is -0.0379. The molecule has 0 aromatic carbocycles. The first-order valence-electron chi connectivity index (χ1n) is 3.58. The van der Waals surface area contributed by atoms with Crippen LogP contribution >= 0.6 is 0 Å². The summed E-state index contributed by atoms with van der Waals surface area (Å²) < 4.78 is 0. The van der Waals surface area contributed by atoms with Gasteiger partial charge in [-0.3, -0.25) is 4.98 Å². The SMILES string of the molecule is Cc1ncc(CO)c(CO)c1O.O. The molecular weight excluding hydrogens is 174 g/mol. The summed E-state index contributed by atoms with van der Waals surface area (Å²) in [5.41, 5.74) is 1.27. The minimum Gasteiger partial charge on any atom is -0.506 e. The Labute approximate surface area is 75.6 Å². The van der Waals surface area contributed by atoms with Crippen LogP contribution in [0.1, 0.15) is 16.8 Å². The van der Waals surface area contributed by atoms with Gasteiger partial charge in [-0.15, -0.1) is 0 Å². The number of aromatic hydroxyl groups is 1. The van der Waals surface area contributed by atoms with Crippen LogP contribution in [0.15, 0.2) is 6.20 Å². The first-order chi connectivity index (χ1) is 5.70. The van der Waals surface area contributed by atoms with Crippen LogP contribution in [0.25, 0.3) is 0 Å². The lowest BCUT2D eigenvalue weighted by molar-refractivity contribution is 0.254. The van der Waals surface area contributed by atoms with E-state index in [2.05, 4.69) is 4.98 Å². The van der Waals surface area contributed by atoms with Crippen LogP contribution in [0.2, 0.25) is 0 Å². The monoisotopic (exact) mass is 187 g/mol. The van der Waals surface area contributed by atoms with Gasteiger partial charge in [-0.1, -0.05) is 0 Å². The Morgan fingerprint density at radius 2 is 1.92 bits per heavy atom. The zero-order valence-corrected chi connectivity index (χ0v) is 7.28. The van der Waals surface area contributed by atoms with Crippen molar-refractivity contribution in [2.75, 3.05) is 0 Å². The molecule has 0 spiro atoms. The lowest BCUT2D eigenvalue weighted by atomic mass is 10.1. The maximum atomic E-state index is 9.38. The number of hydrogen-bond acceptors (Lipinski definition) is 4. The molecule has 5 nitrogen and oxygen atoms in total. The van der Waals surface area contributed by atoms with E-state index in [4.69, 9.17) is 10.2 Å². The number of rotatable bonds is 2. The molecule has 5 heteroatoms. The van der Waals surface area contributed by atoms with E-state index in [0.717, 1.165) is 0 Å². The van der Waals surface area contributed by atoms with Crippen molar-refractivity contribution in [3.63, 3.8) is 0 Å². The van der Waals surface area contributed by atoms with Crippen molar-refractivity contribution in [1.29, 1.82) is 0 Å². The predicted molar refractivity (Wildman–Crippen MR) is 46.1 cm³/mol. The summed E-state index contributed by atoms with van der Waals surface area (Å²) in [6.07, 6.45) is 1.45. The fourth-order valence-electron chi connectivity index (χ4n) is 0.997. The van der Waals surface area contributed by atoms with E-state index >= 15 is 0 Å². The van der Waals surface area contributed by atoms with Crippen molar-refractivity contribution in [2.45, 2.75) is 20.1 Å². The van der Waals surface area contributed by atoms with E-state index < -0.39 is 0 Å². The normalized spacial score (nSPS) is 9.46. The minimum absolute atomic E-state index is 0. The van der Waals surface area contributed by atoms with Crippen LogP contribution in [0.3, 0.4) is 0 Å². The van der Waals surface area contributed by atoms with Crippen LogP contribution < -0.4 is 0 Å².